The van der Waals surface area contributed by atoms with E-state index in [-0.39, 0.29) is 11.3 Å². The fourth-order valence-corrected chi connectivity index (χ4v) is 4.71. The number of sulfone groups is 1. The largest absolute Gasteiger partial charge is 0.377 e. The zero-order valence-corrected chi connectivity index (χ0v) is 16.4. The quantitative estimate of drug-likeness (QED) is 0.751. The Bertz CT molecular complexity index is 879. The second-order valence-corrected chi connectivity index (χ2v) is 10.3. The zero-order valence-electron chi connectivity index (χ0n) is 14.0. The molecule has 2 aromatic heterocycles. The Morgan fingerprint density at radius 3 is 2.75 bits per heavy atom. The second-order valence-electron chi connectivity index (χ2n) is 6.54. The van der Waals surface area contributed by atoms with Crippen LogP contribution < -0.4 is 4.90 Å². The lowest BCUT2D eigenvalue weighted by Gasteiger charge is -2.34. The monoisotopic (exact) mass is 389 g/mol. The summed E-state index contributed by atoms with van der Waals surface area (Å²) >= 11 is 7.62. The van der Waals surface area contributed by atoms with Crippen molar-refractivity contribution in [2.24, 2.45) is 0 Å². The van der Waals surface area contributed by atoms with Crippen LogP contribution in [0.4, 0.5) is 5.82 Å². The van der Waals surface area contributed by atoms with Crippen LogP contribution in [0.5, 0.6) is 0 Å². The highest BCUT2D eigenvalue weighted by molar-refractivity contribution is 7.91. The van der Waals surface area contributed by atoms with E-state index < -0.39 is 14.6 Å². The molecule has 1 atom stereocenters. The van der Waals surface area contributed by atoms with Crippen molar-refractivity contribution in [1.29, 1.82) is 0 Å². The third kappa shape index (κ3) is 2.89. The van der Waals surface area contributed by atoms with E-state index >= 15 is 0 Å². The summed E-state index contributed by atoms with van der Waals surface area (Å²) in [4.78, 5) is 10.9. The molecule has 9 heteroatoms. The van der Waals surface area contributed by atoms with Crippen LogP contribution in [0.1, 0.15) is 26.3 Å². The Labute approximate surface area is 150 Å². The molecule has 1 saturated heterocycles. The molecular formula is C15H20ClN3O3S2. The number of hydrogen-bond donors (Lipinski definition) is 0. The van der Waals surface area contributed by atoms with Gasteiger partial charge in [0.1, 0.15) is 0 Å². The fraction of sp³-hybridized carbons (Fsp3) is 0.600. The minimum atomic E-state index is -3.31. The average Bonchev–Trinajstić information content (AvgIpc) is 2.90. The summed E-state index contributed by atoms with van der Waals surface area (Å²) < 4.78 is 29.7. The van der Waals surface area contributed by atoms with Gasteiger partial charge in [-0.3, -0.25) is 0 Å². The number of ether oxygens (including phenoxy) is 1. The molecule has 0 bridgehead atoms. The fourth-order valence-electron chi connectivity index (χ4n) is 2.74. The Balaban J connectivity index is 2.21. The molecule has 1 unspecified atom stereocenters. The third-order valence-electron chi connectivity index (χ3n) is 4.59. The van der Waals surface area contributed by atoms with E-state index in [0.29, 0.717) is 30.8 Å². The highest BCUT2D eigenvalue weighted by Gasteiger charge is 2.36. The maximum Gasteiger partial charge on any atom is 0.224 e. The lowest BCUT2D eigenvalue weighted by Crippen LogP contribution is -2.44. The molecule has 3 heterocycles. The molecule has 1 aliphatic rings. The van der Waals surface area contributed by atoms with Crippen LogP contribution in [0.25, 0.3) is 10.2 Å². The number of hydrogen-bond acceptors (Lipinski definition) is 7. The molecule has 2 aromatic rings. The number of aromatic nitrogens is 2. The molecule has 3 rings (SSSR count). The Kier molecular flexibility index (Phi) is 4.53. The highest BCUT2D eigenvalue weighted by Crippen LogP contribution is 2.41. The van der Waals surface area contributed by atoms with Crippen LogP contribution in [0, 0.1) is 0 Å². The van der Waals surface area contributed by atoms with Crippen LogP contribution in [0.3, 0.4) is 0 Å². The van der Waals surface area contributed by atoms with Gasteiger partial charge in [0.05, 0.1) is 34.2 Å². The summed E-state index contributed by atoms with van der Waals surface area (Å²) in [5.41, 5.74) is 1.28. The van der Waals surface area contributed by atoms with Crippen LogP contribution in [0.15, 0.2) is 5.38 Å². The maximum absolute atomic E-state index is 12.2. The van der Waals surface area contributed by atoms with Gasteiger partial charge < -0.3 is 9.64 Å². The van der Waals surface area contributed by atoms with Crippen LogP contribution in [-0.4, -0.2) is 50.4 Å². The van der Waals surface area contributed by atoms with Gasteiger partial charge in [-0.2, -0.15) is 4.98 Å². The van der Waals surface area contributed by atoms with E-state index in [4.69, 9.17) is 16.3 Å². The van der Waals surface area contributed by atoms with Gasteiger partial charge in [0.15, 0.2) is 15.7 Å². The number of morpholine rings is 1. The van der Waals surface area contributed by atoms with Crippen molar-refractivity contribution in [3.05, 3.63) is 16.2 Å². The summed E-state index contributed by atoms with van der Waals surface area (Å²) in [7, 11) is -3.31. The minimum Gasteiger partial charge on any atom is -0.377 e. The number of rotatable bonds is 3. The Hall–Kier alpha value is -0.960. The van der Waals surface area contributed by atoms with Gasteiger partial charge in [-0.05, 0) is 37.8 Å². The van der Waals surface area contributed by atoms with Crippen LogP contribution in [0.2, 0.25) is 5.28 Å². The molecule has 6 nitrogen and oxygen atoms in total. The summed E-state index contributed by atoms with van der Waals surface area (Å²) in [5, 5.41) is 1.98. The van der Waals surface area contributed by atoms with Crippen molar-refractivity contribution in [2.75, 3.05) is 30.9 Å². The lowest BCUT2D eigenvalue weighted by molar-refractivity contribution is 0.0987. The van der Waals surface area contributed by atoms with Gasteiger partial charge in [-0.15, -0.1) is 11.3 Å². The minimum absolute atomic E-state index is 0.125. The summed E-state index contributed by atoms with van der Waals surface area (Å²) in [6.07, 6.45) is 1.24. The van der Waals surface area contributed by atoms with Crippen LogP contribution >= 0.6 is 22.9 Å². The van der Waals surface area contributed by atoms with E-state index in [2.05, 4.69) is 21.8 Å². The van der Waals surface area contributed by atoms with E-state index in [9.17, 15) is 8.42 Å². The average molecular weight is 390 g/mol. The van der Waals surface area contributed by atoms with E-state index in [1.807, 2.05) is 5.38 Å². The van der Waals surface area contributed by atoms with E-state index in [1.54, 1.807) is 13.8 Å². The van der Waals surface area contributed by atoms with Gasteiger partial charge in [0.25, 0.3) is 0 Å². The van der Waals surface area contributed by atoms with Gasteiger partial charge in [-0.1, -0.05) is 0 Å². The van der Waals surface area contributed by atoms with Crippen molar-refractivity contribution in [3.63, 3.8) is 0 Å². The SMILES string of the molecule is CC1COCCN1c1nc(Cl)nc2c(C(C)(C)S(C)(=O)=O)csc12. The van der Waals surface area contributed by atoms with Crippen LogP contribution in [-0.2, 0) is 19.3 Å². The number of halogens is 1. The predicted octanol–water partition coefficient (Wildman–Crippen LogP) is 2.85. The standard InChI is InChI=1S/C15H20ClN3O3S2/c1-9-7-22-6-5-19(9)13-12-11(17-14(16)18-13)10(8-23-12)15(2,3)24(4,20)21/h8-9H,5-7H2,1-4H3. The molecule has 1 aliphatic heterocycles. The predicted molar refractivity (Wildman–Crippen MR) is 97.9 cm³/mol. The summed E-state index contributed by atoms with van der Waals surface area (Å²) in [6.45, 7) is 7.41. The molecule has 0 radical (unpaired) electrons. The zero-order chi connectivity index (χ0) is 17.7. The molecule has 0 aromatic carbocycles. The number of nitrogens with zero attached hydrogens (tertiary/aromatic N) is 3. The second kappa shape index (κ2) is 6.09. The first kappa shape index (κ1) is 17.8. The third-order valence-corrected chi connectivity index (χ3v) is 7.79. The highest BCUT2D eigenvalue weighted by atomic mass is 35.5. The molecule has 0 spiro atoms. The molecular weight excluding hydrogens is 370 g/mol. The first-order valence-corrected chi connectivity index (χ1v) is 10.8. The van der Waals surface area contributed by atoms with Gasteiger partial charge in [0, 0.05) is 18.4 Å². The van der Waals surface area contributed by atoms with Gasteiger partial charge >= 0.3 is 0 Å². The molecule has 132 valence electrons. The van der Waals surface area contributed by atoms with Crippen molar-refractivity contribution in [1.82, 2.24) is 9.97 Å². The number of fused-ring (bicyclic) bond motifs is 1. The van der Waals surface area contributed by atoms with Crippen molar-refractivity contribution in [2.45, 2.75) is 31.6 Å². The molecule has 0 N–H and O–H groups in total. The van der Waals surface area contributed by atoms with Crippen molar-refractivity contribution < 1.29 is 13.2 Å². The summed E-state index contributed by atoms with van der Waals surface area (Å²) in [5.74, 6) is 0.751. The van der Waals surface area contributed by atoms with E-state index in [0.717, 1.165) is 10.5 Å². The van der Waals surface area contributed by atoms with E-state index in [1.165, 1.54) is 17.6 Å². The number of anilines is 1. The maximum atomic E-state index is 12.2. The van der Waals surface area contributed by atoms with Gasteiger partial charge in [-0.25, -0.2) is 13.4 Å². The molecule has 24 heavy (non-hydrogen) atoms. The first-order chi connectivity index (χ1) is 11.1. The van der Waals surface area contributed by atoms with Gasteiger partial charge in [0.2, 0.25) is 5.28 Å². The normalized spacial score (nSPS) is 19.9. The molecule has 0 aliphatic carbocycles. The van der Waals surface area contributed by atoms with Crippen molar-refractivity contribution in [3.8, 4) is 0 Å². The Morgan fingerprint density at radius 2 is 2.12 bits per heavy atom. The first-order valence-electron chi connectivity index (χ1n) is 7.62. The molecule has 0 saturated carbocycles. The van der Waals surface area contributed by atoms with Crippen molar-refractivity contribution >= 4 is 48.8 Å². The molecule has 0 amide bonds. The topological polar surface area (TPSA) is 72.4 Å². The Morgan fingerprint density at radius 1 is 1.42 bits per heavy atom. The lowest BCUT2D eigenvalue weighted by atomic mass is 10.0. The smallest absolute Gasteiger partial charge is 0.224 e. The number of thiophene rings is 1. The molecule has 1 fully saturated rings. The summed E-state index contributed by atoms with van der Waals surface area (Å²) in [6, 6.07) is 0.168.